The lowest BCUT2D eigenvalue weighted by atomic mass is 9.88. The van der Waals surface area contributed by atoms with Crippen LogP contribution in [0.2, 0.25) is 0 Å². The zero-order valence-corrected chi connectivity index (χ0v) is 20.7. The number of fused-ring (bicyclic) bond motifs is 1. The van der Waals surface area contributed by atoms with Crippen molar-refractivity contribution in [2.24, 2.45) is 5.41 Å². The smallest absolute Gasteiger partial charge is 0.339 e. The Kier molecular flexibility index (Phi) is 6.78. The van der Waals surface area contributed by atoms with Crippen molar-refractivity contribution in [3.05, 3.63) is 89.2 Å². The first-order valence-electron chi connectivity index (χ1n) is 12.0. The molecule has 1 fully saturated rings. The molecule has 1 saturated carbocycles. The molecule has 4 aromatic rings. The summed E-state index contributed by atoms with van der Waals surface area (Å²) in [5.74, 6) is -3.15. The third-order valence-corrected chi connectivity index (χ3v) is 6.78. The van der Waals surface area contributed by atoms with Crippen LogP contribution < -0.4 is 9.47 Å². The van der Waals surface area contributed by atoms with Gasteiger partial charge in [-0.25, -0.2) is 18.6 Å². The highest BCUT2D eigenvalue weighted by molar-refractivity contribution is 6.11. The van der Waals surface area contributed by atoms with Gasteiger partial charge in [-0.3, -0.25) is 14.6 Å². The maximum absolute atomic E-state index is 15.0. The number of hydrogen-bond donors (Lipinski definition) is 1. The number of hydrogen-bond acceptors (Lipinski definition) is 7. The summed E-state index contributed by atoms with van der Waals surface area (Å²) >= 11 is 0. The first kappa shape index (κ1) is 25.9. The second kappa shape index (κ2) is 10.2. The van der Waals surface area contributed by atoms with E-state index in [9.17, 15) is 28.3 Å². The number of halogens is 2. The Morgan fingerprint density at radius 3 is 2.23 bits per heavy atom. The maximum Gasteiger partial charge on any atom is 0.339 e. The molecule has 198 valence electrons. The number of Topliss-reactive ketones (excluding diaryl/α,β-unsaturated/α-hetero) is 2. The molecule has 2 aromatic heterocycles. The number of ether oxygens (including phenoxy) is 2. The third-order valence-electron chi connectivity index (χ3n) is 6.78. The first-order chi connectivity index (χ1) is 18.7. The van der Waals surface area contributed by atoms with E-state index in [-0.39, 0.29) is 52.9 Å². The summed E-state index contributed by atoms with van der Waals surface area (Å²) in [6.45, 7) is 0. The number of nitrogens with zero attached hydrogens (tertiary/aromatic N) is 2. The molecule has 1 aliphatic carbocycles. The Morgan fingerprint density at radius 2 is 1.62 bits per heavy atom. The second-order valence-corrected chi connectivity index (χ2v) is 9.32. The van der Waals surface area contributed by atoms with Gasteiger partial charge in [-0.1, -0.05) is 12.1 Å². The minimum Gasteiger partial charge on any atom is -0.496 e. The van der Waals surface area contributed by atoms with Crippen LogP contribution in [0.15, 0.2) is 60.9 Å². The molecule has 2 aromatic carbocycles. The molecule has 0 amide bonds. The Bertz CT molecular complexity index is 1620. The van der Waals surface area contributed by atoms with Gasteiger partial charge < -0.3 is 14.6 Å². The van der Waals surface area contributed by atoms with Gasteiger partial charge in [0.15, 0.2) is 17.4 Å². The molecule has 0 aliphatic heterocycles. The fourth-order valence-electron chi connectivity index (χ4n) is 4.46. The van der Waals surface area contributed by atoms with E-state index in [4.69, 9.17) is 9.47 Å². The summed E-state index contributed by atoms with van der Waals surface area (Å²) in [7, 11) is 1.34. The SMILES string of the molecule is COc1cc2nccc(Oc3ncc(CC(=O)C4(C(=O)Cc5ccc(F)cc5)CC4)cc3F)c2cc1C(=O)O. The minimum atomic E-state index is -1.22. The average molecular weight is 532 g/mol. The number of carbonyl (C=O) groups is 3. The standard InChI is InChI=1S/C29H22F2N2O6/c1-38-24-14-22-19(13-20(24)28(36)37)23(6-9-32-22)39-27-21(31)10-17(15-33-27)12-26(35)29(7-8-29)25(34)11-16-2-4-18(30)5-3-16/h2-6,9-10,13-15H,7-8,11-12H2,1H3,(H,36,37). The predicted octanol–water partition coefficient (Wildman–Crippen LogP) is 5.11. The summed E-state index contributed by atoms with van der Waals surface area (Å²) < 4.78 is 38.9. The van der Waals surface area contributed by atoms with Crippen LogP contribution in [0.4, 0.5) is 8.78 Å². The van der Waals surface area contributed by atoms with Crippen molar-refractivity contribution >= 4 is 28.4 Å². The van der Waals surface area contributed by atoms with Crippen molar-refractivity contribution in [1.82, 2.24) is 9.97 Å². The van der Waals surface area contributed by atoms with Gasteiger partial charge in [0, 0.05) is 36.7 Å². The van der Waals surface area contributed by atoms with Crippen LogP contribution in [0, 0.1) is 17.0 Å². The number of carboxylic acids is 1. The summed E-state index contributed by atoms with van der Waals surface area (Å²) in [5.41, 5.74) is 0.0411. The number of methoxy groups -OCH3 is 1. The summed E-state index contributed by atoms with van der Waals surface area (Å²) in [4.78, 5) is 45.7. The number of aromatic nitrogens is 2. The zero-order chi connectivity index (χ0) is 27.7. The quantitative estimate of drug-likeness (QED) is 0.280. The number of carbonyl (C=O) groups excluding carboxylic acids is 2. The van der Waals surface area contributed by atoms with E-state index in [1.165, 1.54) is 62.0 Å². The van der Waals surface area contributed by atoms with E-state index in [1.54, 1.807) is 0 Å². The van der Waals surface area contributed by atoms with E-state index in [0.29, 0.717) is 29.3 Å². The average Bonchev–Trinajstić information content (AvgIpc) is 3.73. The molecule has 2 heterocycles. The van der Waals surface area contributed by atoms with Crippen LogP contribution in [-0.2, 0) is 22.4 Å². The van der Waals surface area contributed by atoms with Crippen LogP contribution in [0.5, 0.6) is 17.4 Å². The monoisotopic (exact) mass is 532 g/mol. The van der Waals surface area contributed by atoms with Gasteiger partial charge >= 0.3 is 5.97 Å². The van der Waals surface area contributed by atoms with Gasteiger partial charge in [0.1, 0.15) is 22.9 Å². The van der Waals surface area contributed by atoms with Crippen molar-refractivity contribution in [1.29, 1.82) is 0 Å². The Balaban J connectivity index is 1.32. The summed E-state index contributed by atoms with van der Waals surface area (Å²) in [5, 5.41) is 9.80. The molecule has 0 bridgehead atoms. The lowest BCUT2D eigenvalue weighted by molar-refractivity contribution is -0.133. The lowest BCUT2D eigenvalue weighted by Gasteiger charge is -2.14. The normalized spacial score (nSPS) is 13.6. The number of benzene rings is 2. The molecule has 0 spiro atoms. The van der Waals surface area contributed by atoms with Crippen LogP contribution in [0.25, 0.3) is 10.9 Å². The Morgan fingerprint density at radius 1 is 0.923 bits per heavy atom. The van der Waals surface area contributed by atoms with Crippen LogP contribution in [0.3, 0.4) is 0 Å². The number of aromatic carboxylic acids is 1. The van der Waals surface area contributed by atoms with Gasteiger partial charge in [0.2, 0.25) is 0 Å². The molecule has 1 N–H and O–H groups in total. The van der Waals surface area contributed by atoms with E-state index in [2.05, 4.69) is 9.97 Å². The van der Waals surface area contributed by atoms with Crippen LogP contribution >= 0.6 is 0 Å². The van der Waals surface area contributed by atoms with Crippen molar-refractivity contribution in [3.8, 4) is 17.4 Å². The number of carboxylic acid groups (broad SMARTS) is 1. The Labute approximate surface area is 221 Å². The topological polar surface area (TPSA) is 116 Å². The van der Waals surface area contributed by atoms with Crippen molar-refractivity contribution in [2.75, 3.05) is 7.11 Å². The van der Waals surface area contributed by atoms with Crippen molar-refractivity contribution < 1.29 is 37.7 Å². The molecule has 0 unspecified atom stereocenters. The minimum absolute atomic E-state index is 0.0146. The number of rotatable bonds is 10. The number of pyridine rings is 2. The van der Waals surface area contributed by atoms with E-state index < -0.39 is 23.0 Å². The highest BCUT2D eigenvalue weighted by atomic mass is 19.1. The van der Waals surface area contributed by atoms with Gasteiger partial charge in [-0.05, 0) is 54.3 Å². The van der Waals surface area contributed by atoms with Gasteiger partial charge in [-0.15, -0.1) is 0 Å². The van der Waals surface area contributed by atoms with Crippen molar-refractivity contribution in [2.45, 2.75) is 25.7 Å². The summed E-state index contributed by atoms with van der Waals surface area (Å²) in [6.07, 6.45) is 3.38. The van der Waals surface area contributed by atoms with E-state index >= 15 is 0 Å². The molecular formula is C29H22F2N2O6. The molecular weight excluding hydrogens is 510 g/mol. The molecule has 5 rings (SSSR count). The number of ketones is 2. The van der Waals surface area contributed by atoms with Crippen LogP contribution in [0.1, 0.15) is 34.3 Å². The second-order valence-electron chi connectivity index (χ2n) is 9.32. The van der Waals surface area contributed by atoms with Crippen LogP contribution in [-0.4, -0.2) is 39.7 Å². The first-order valence-corrected chi connectivity index (χ1v) is 12.0. The maximum atomic E-state index is 15.0. The van der Waals surface area contributed by atoms with Gasteiger partial charge in [0.25, 0.3) is 5.88 Å². The highest BCUT2D eigenvalue weighted by Gasteiger charge is 2.54. The molecule has 10 heteroatoms. The fourth-order valence-corrected chi connectivity index (χ4v) is 4.46. The van der Waals surface area contributed by atoms with Gasteiger partial charge in [0.05, 0.1) is 18.0 Å². The van der Waals surface area contributed by atoms with E-state index in [1.807, 2.05) is 0 Å². The molecule has 39 heavy (non-hydrogen) atoms. The molecule has 0 radical (unpaired) electrons. The van der Waals surface area contributed by atoms with Crippen molar-refractivity contribution in [3.63, 3.8) is 0 Å². The lowest BCUT2D eigenvalue weighted by Crippen LogP contribution is -2.29. The highest BCUT2D eigenvalue weighted by Crippen LogP contribution is 2.49. The summed E-state index contributed by atoms with van der Waals surface area (Å²) in [6, 6.07) is 10.9. The predicted molar refractivity (Wildman–Crippen MR) is 135 cm³/mol. The molecule has 0 atom stereocenters. The van der Waals surface area contributed by atoms with E-state index in [0.717, 1.165) is 6.07 Å². The fraction of sp³-hybridized carbons (Fsp3) is 0.207. The van der Waals surface area contributed by atoms with Gasteiger partial charge in [-0.2, -0.15) is 0 Å². The molecule has 8 nitrogen and oxygen atoms in total. The molecule has 0 saturated heterocycles. The molecule has 1 aliphatic rings. The Hall–Kier alpha value is -4.73. The largest absolute Gasteiger partial charge is 0.496 e. The third kappa shape index (κ3) is 5.18. The zero-order valence-electron chi connectivity index (χ0n) is 20.7.